The minimum atomic E-state index is 0.128. The van der Waals surface area contributed by atoms with Gasteiger partial charge in [0.1, 0.15) is 6.61 Å². The number of likely N-dealkylation sites (tertiary alicyclic amines) is 1. The zero-order valence-electron chi connectivity index (χ0n) is 14.5. The molecule has 0 N–H and O–H groups in total. The number of rotatable bonds is 5. The van der Waals surface area contributed by atoms with Crippen LogP contribution in [0.15, 0.2) is 18.5 Å². The average Bonchev–Trinajstić information content (AvgIpc) is 3.31. The summed E-state index contributed by atoms with van der Waals surface area (Å²) in [5.41, 5.74) is 0. The van der Waals surface area contributed by atoms with Crippen LogP contribution >= 0.6 is 0 Å². The van der Waals surface area contributed by atoms with Gasteiger partial charge in [0.25, 0.3) is 0 Å². The lowest BCUT2D eigenvalue weighted by molar-refractivity contribution is -0.135. The number of anilines is 1. The van der Waals surface area contributed by atoms with Crippen LogP contribution in [-0.4, -0.2) is 72.4 Å². The molecule has 2 saturated heterocycles. The number of aromatic nitrogens is 2. The number of carbonyl (C=O) groups is 1. The molecule has 136 valence electrons. The second-order valence-electron chi connectivity index (χ2n) is 7.16. The first kappa shape index (κ1) is 16.7. The van der Waals surface area contributed by atoms with Crippen LogP contribution in [-0.2, 0) is 14.3 Å². The molecule has 0 radical (unpaired) electrons. The molecular weight excluding hydrogens is 320 g/mol. The third-order valence-electron chi connectivity index (χ3n) is 5.48. The Bertz CT molecular complexity index is 579. The first-order chi connectivity index (χ1) is 12.3. The van der Waals surface area contributed by atoms with E-state index in [1.165, 1.54) is 0 Å². The van der Waals surface area contributed by atoms with Crippen LogP contribution in [0.4, 0.5) is 5.95 Å². The molecule has 1 saturated carbocycles. The predicted molar refractivity (Wildman–Crippen MR) is 92.3 cm³/mol. The summed E-state index contributed by atoms with van der Waals surface area (Å²) in [6.45, 7) is 4.13. The van der Waals surface area contributed by atoms with E-state index in [0.29, 0.717) is 25.2 Å². The van der Waals surface area contributed by atoms with E-state index in [2.05, 4.69) is 14.9 Å². The summed E-state index contributed by atoms with van der Waals surface area (Å²) < 4.78 is 11.7. The van der Waals surface area contributed by atoms with Crippen LogP contribution in [0.5, 0.6) is 0 Å². The van der Waals surface area contributed by atoms with Crippen molar-refractivity contribution in [3.05, 3.63) is 18.5 Å². The summed E-state index contributed by atoms with van der Waals surface area (Å²) in [6, 6.07) is 2.14. The first-order valence-corrected chi connectivity index (χ1v) is 9.32. The highest BCUT2D eigenvalue weighted by Crippen LogP contribution is 2.35. The van der Waals surface area contributed by atoms with E-state index in [1.807, 2.05) is 11.0 Å². The molecule has 7 heteroatoms. The fraction of sp³-hybridized carbons (Fsp3) is 0.722. The molecule has 0 bridgehead atoms. The van der Waals surface area contributed by atoms with Gasteiger partial charge in [0, 0.05) is 32.0 Å². The summed E-state index contributed by atoms with van der Waals surface area (Å²) in [5, 5.41) is 0. The van der Waals surface area contributed by atoms with Crippen molar-refractivity contribution < 1.29 is 14.3 Å². The van der Waals surface area contributed by atoms with Gasteiger partial charge >= 0.3 is 0 Å². The van der Waals surface area contributed by atoms with Crippen LogP contribution in [0.2, 0.25) is 0 Å². The lowest BCUT2D eigenvalue weighted by Gasteiger charge is -2.37. The maximum absolute atomic E-state index is 12.1. The molecule has 3 fully saturated rings. The highest BCUT2D eigenvalue weighted by atomic mass is 16.5. The van der Waals surface area contributed by atoms with Gasteiger partial charge in [-0.15, -0.1) is 0 Å². The Balaban J connectivity index is 1.28. The number of amides is 1. The van der Waals surface area contributed by atoms with E-state index in [-0.39, 0.29) is 18.6 Å². The van der Waals surface area contributed by atoms with Crippen LogP contribution in [0, 0.1) is 5.92 Å². The van der Waals surface area contributed by atoms with E-state index >= 15 is 0 Å². The molecule has 3 atom stereocenters. The minimum absolute atomic E-state index is 0.128. The zero-order valence-corrected chi connectivity index (χ0v) is 14.5. The second-order valence-corrected chi connectivity index (χ2v) is 7.16. The summed E-state index contributed by atoms with van der Waals surface area (Å²) in [7, 11) is 0. The number of carbonyl (C=O) groups excluding carboxylic acids is 1. The third-order valence-corrected chi connectivity index (χ3v) is 5.48. The molecule has 2 aliphatic heterocycles. The minimum Gasteiger partial charge on any atom is -0.374 e. The Morgan fingerprint density at radius 3 is 2.80 bits per heavy atom. The van der Waals surface area contributed by atoms with Gasteiger partial charge in [-0.05, 0) is 37.7 Å². The molecule has 3 heterocycles. The van der Waals surface area contributed by atoms with E-state index in [4.69, 9.17) is 9.47 Å². The van der Waals surface area contributed by atoms with Crippen LogP contribution < -0.4 is 4.90 Å². The molecule has 0 spiro atoms. The Hall–Kier alpha value is -1.73. The highest BCUT2D eigenvalue weighted by molar-refractivity contribution is 5.77. The standard InChI is InChI=1S/C18H26N4O3/c23-17(21-6-1-2-7-21)13-24-12-14-10-15-16(11-14)25-9-8-22(15)18-19-4-3-5-20-18/h3-5,14-16H,1-2,6-13H2/t14-,15+,16+/m0/s1. The molecule has 1 aliphatic carbocycles. The van der Waals surface area contributed by atoms with Crippen molar-refractivity contribution in [3.63, 3.8) is 0 Å². The summed E-state index contributed by atoms with van der Waals surface area (Å²) in [5.74, 6) is 1.33. The molecule has 3 aliphatic rings. The van der Waals surface area contributed by atoms with E-state index < -0.39 is 0 Å². The van der Waals surface area contributed by atoms with Crippen molar-refractivity contribution in [2.45, 2.75) is 37.8 Å². The number of morpholine rings is 1. The monoisotopic (exact) mass is 346 g/mol. The largest absolute Gasteiger partial charge is 0.374 e. The first-order valence-electron chi connectivity index (χ1n) is 9.32. The van der Waals surface area contributed by atoms with Crippen molar-refractivity contribution in [3.8, 4) is 0 Å². The Kier molecular flexibility index (Phi) is 5.12. The Labute approximate surface area is 148 Å². The van der Waals surface area contributed by atoms with Crippen LogP contribution in [0.25, 0.3) is 0 Å². The topological polar surface area (TPSA) is 67.8 Å². The molecular formula is C18H26N4O3. The summed E-state index contributed by atoms with van der Waals surface area (Å²) in [4.78, 5) is 25.0. The second kappa shape index (κ2) is 7.66. The van der Waals surface area contributed by atoms with Gasteiger partial charge in [-0.1, -0.05) is 0 Å². The van der Waals surface area contributed by atoms with Crippen LogP contribution in [0.3, 0.4) is 0 Å². The zero-order chi connectivity index (χ0) is 17.1. The van der Waals surface area contributed by atoms with E-state index in [0.717, 1.165) is 51.3 Å². The van der Waals surface area contributed by atoms with Crippen molar-refractivity contribution in [1.29, 1.82) is 0 Å². The highest BCUT2D eigenvalue weighted by Gasteiger charge is 2.42. The van der Waals surface area contributed by atoms with Gasteiger partial charge in [0.05, 0.1) is 25.4 Å². The van der Waals surface area contributed by atoms with Crippen molar-refractivity contribution in [1.82, 2.24) is 14.9 Å². The predicted octanol–water partition coefficient (Wildman–Crippen LogP) is 1.10. The maximum atomic E-state index is 12.1. The van der Waals surface area contributed by atoms with Gasteiger partial charge < -0.3 is 19.3 Å². The molecule has 25 heavy (non-hydrogen) atoms. The number of hydrogen-bond donors (Lipinski definition) is 0. The average molecular weight is 346 g/mol. The Morgan fingerprint density at radius 2 is 2.00 bits per heavy atom. The summed E-state index contributed by atoms with van der Waals surface area (Å²) >= 11 is 0. The lowest BCUT2D eigenvalue weighted by Crippen LogP contribution is -2.49. The van der Waals surface area contributed by atoms with Gasteiger partial charge in [-0.2, -0.15) is 0 Å². The van der Waals surface area contributed by atoms with Crippen molar-refractivity contribution in [2.24, 2.45) is 5.92 Å². The molecule has 0 aromatic carbocycles. The molecule has 1 amide bonds. The number of fused-ring (bicyclic) bond motifs is 1. The van der Waals surface area contributed by atoms with Gasteiger partial charge in [-0.25, -0.2) is 9.97 Å². The van der Waals surface area contributed by atoms with Gasteiger partial charge in [0.15, 0.2) is 0 Å². The lowest BCUT2D eigenvalue weighted by atomic mass is 10.1. The normalized spacial score (nSPS) is 29.0. The molecule has 7 nitrogen and oxygen atoms in total. The number of nitrogens with zero attached hydrogens (tertiary/aromatic N) is 4. The fourth-order valence-electron chi connectivity index (χ4n) is 4.25. The van der Waals surface area contributed by atoms with Crippen molar-refractivity contribution in [2.75, 3.05) is 44.4 Å². The van der Waals surface area contributed by atoms with Gasteiger partial charge in [-0.3, -0.25) is 4.79 Å². The maximum Gasteiger partial charge on any atom is 0.248 e. The molecule has 4 rings (SSSR count). The van der Waals surface area contributed by atoms with Gasteiger partial charge in [0.2, 0.25) is 11.9 Å². The SMILES string of the molecule is O=C(COC[C@H]1C[C@@H]2[C@@H](C1)OCCN2c1ncccn1)N1CCCC1. The molecule has 1 aromatic heterocycles. The Morgan fingerprint density at radius 1 is 1.20 bits per heavy atom. The molecule has 1 aromatic rings. The quantitative estimate of drug-likeness (QED) is 0.795. The van der Waals surface area contributed by atoms with Crippen molar-refractivity contribution >= 4 is 11.9 Å². The smallest absolute Gasteiger partial charge is 0.248 e. The van der Waals surface area contributed by atoms with Crippen LogP contribution in [0.1, 0.15) is 25.7 Å². The number of hydrogen-bond acceptors (Lipinski definition) is 6. The third kappa shape index (κ3) is 3.77. The molecule has 0 unspecified atom stereocenters. The number of ether oxygens (including phenoxy) is 2. The fourth-order valence-corrected chi connectivity index (χ4v) is 4.25. The van der Waals surface area contributed by atoms with E-state index in [9.17, 15) is 4.79 Å². The summed E-state index contributed by atoms with van der Waals surface area (Å²) in [6.07, 6.45) is 7.99. The van der Waals surface area contributed by atoms with E-state index in [1.54, 1.807) is 12.4 Å².